The van der Waals surface area contributed by atoms with Gasteiger partial charge in [0.2, 0.25) is 5.95 Å². The summed E-state index contributed by atoms with van der Waals surface area (Å²) in [5.74, 6) is 0.0421. The molecule has 0 unspecified atom stereocenters. The van der Waals surface area contributed by atoms with Crippen molar-refractivity contribution in [3.8, 4) is 17.2 Å². The highest BCUT2D eigenvalue weighted by molar-refractivity contribution is 6.04. The van der Waals surface area contributed by atoms with Gasteiger partial charge in [-0.1, -0.05) is 6.07 Å². The van der Waals surface area contributed by atoms with Gasteiger partial charge in [0, 0.05) is 17.7 Å². The predicted octanol–water partition coefficient (Wildman–Crippen LogP) is 2.42. The topological polar surface area (TPSA) is 120 Å². The number of aryl methyl sites for hydroxylation is 1. The third-order valence-corrected chi connectivity index (χ3v) is 4.22. The number of halogens is 2. The smallest absolute Gasteiger partial charge is 0.395 e. The van der Waals surface area contributed by atoms with Crippen molar-refractivity contribution in [3.63, 3.8) is 0 Å². The Morgan fingerprint density at radius 2 is 2.00 bits per heavy atom. The molecule has 1 aliphatic rings. The Morgan fingerprint density at radius 1 is 1.21 bits per heavy atom. The van der Waals surface area contributed by atoms with Gasteiger partial charge in [0.1, 0.15) is 0 Å². The fraction of sp³-hybridized carbons (Fsp3) is 0.118. The largest absolute Gasteiger partial charge is 0.586 e. The molecule has 0 fully saturated rings. The Bertz CT molecular complexity index is 1220. The highest BCUT2D eigenvalue weighted by Gasteiger charge is 2.43. The fourth-order valence-electron chi connectivity index (χ4n) is 2.94. The molecule has 0 saturated heterocycles. The van der Waals surface area contributed by atoms with Crippen LogP contribution in [-0.4, -0.2) is 42.4 Å². The number of carbonyl (C=O) groups excluding carboxylic acids is 1. The summed E-state index contributed by atoms with van der Waals surface area (Å²) in [5, 5.41) is 13.9. The maximum Gasteiger partial charge on any atom is 0.586 e. The molecule has 2 N–H and O–H groups in total. The maximum absolute atomic E-state index is 13.1. The SMILES string of the molecule is Cc1nnnn1-c1cccc(C(=O)Nc2nc3cc4c(cc3[nH]2)OC(F)(F)O4)c1. The van der Waals surface area contributed by atoms with Crippen LogP contribution >= 0.6 is 0 Å². The van der Waals surface area contributed by atoms with Crippen molar-refractivity contribution < 1.29 is 23.0 Å². The van der Waals surface area contributed by atoms with E-state index in [0.29, 0.717) is 28.1 Å². The van der Waals surface area contributed by atoms with E-state index in [1.807, 2.05) is 0 Å². The summed E-state index contributed by atoms with van der Waals surface area (Å²) in [7, 11) is 0. The average Bonchev–Trinajstić information content (AvgIpc) is 3.34. The summed E-state index contributed by atoms with van der Waals surface area (Å²) in [4.78, 5) is 19.6. The minimum Gasteiger partial charge on any atom is -0.395 e. The van der Waals surface area contributed by atoms with Crippen LogP contribution in [-0.2, 0) is 0 Å². The Morgan fingerprint density at radius 3 is 2.76 bits per heavy atom. The van der Waals surface area contributed by atoms with Crippen LogP contribution in [0.3, 0.4) is 0 Å². The Hall–Kier alpha value is -4.09. The molecule has 5 rings (SSSR count). The second-order valence-electron chi connectivity index (χ2n) is 6.21. The molecule has 4 aromatic rings. The zero-order valence-corrected chi connectivity index (χ0v) is 14.7. The van der Waals surface area contributed by atoms with Crippen LogP contribution in [0.4, 0.5) is 14.7 Å². The molecule has 2 aromatic carbocycles. The maximum atomic E-state index is 13.1. The van der Waals surface area contributed by atoms with E-state index in [0.717, 1.165) is 0 Å². The van der Waals surface area contributed by atoms with Gasteiger partial charge in [-0.15, -0.1) is 13.9 Å². The van der Waals surface area contributed by atoms with Crippen molar-refractivity contribution >= 4 is 22.9 Å². The monoisotopic (exact) mass is 399 g/mol. The molecule has 10 nitrogen and oxygen atoms in total. The Labute approximate surface area is 160 Å². The van der Waals surface area contributed by atoms with Gasteiger partial charge in [-0.05, 0) is 35.5 Å². The number of alkyl halides is 2. The molecule has 29 heavy (non-hydrogen) atoms. The van der Waals surface area contributed by atoms with E-state index >= 15 is 0 Å². The van der Waals surface area contributed by atoms with E-state index < -0.39 is 12.2 Å². The number of hydrogen-bond acceptors (Lipinski definition) is 7. The minimum absolute atomic E-state index is 0.117. The van der Waals surface area contributed by atoms with Crippen molar-refractivity contribution in [3.05, 3.63) is 47.8 Å². The molecule has 0 radical (unpaired) electrons. The van der Waals surface area contributed by atoms with Crippen LogP contribution in [0, 0.1) is 6.92 Å². The summed E-state index contributed by atoms with van der Waals surface area (Å²) < 4.78 is 36.6. The van der Waals surface area contributed by atoms with E-state index in [9.17, 15) is 13.6 Å². The Balaban J connectivity index is 1.40. The minimum atomic E-state index is -3.71. The van der Waals surface area contributed by atoms with Crippen molar-refractivity contribution in [2.75, 3.05) is 5.32 Å². The summed E-state index contributed by atoms with van der Waals surface area (Å²) >= 11 is 0. The number of benzene rings is 2. The molecular weight excluding hydrogens is 388 g/mol. The number of aromatic amines is 1. The number of nitrogens with one attached hydrogen (secondary N) is 2. The first kappa shape index (κ1) is 17.0. The van der Waals surface area contributed by atoms with Crippen molar-refractivity contribution in [1.82, 2.24) is 30.2 Å². The van der Waals surface area contributed by atoms with E-state index in [1.165, 1.54) is 16.8 Å². The molecule has 146 valence electrons. The third kappa shape index (κ3) is 2.99. The number of rotatable bonds is 3. The molecule has 3 heterocycles. The fourth-order valence-corrected chi connectivity index (χ4v) is 2.94. The molecule has 2 aromatic heterocycles. The van der Waals surface area contributed by atoms with Crippen LogP contribution in [0.15, 0.2) is 36.4 Å². The lowest BCUT2D eigenvalue weighted by Crippen LogP contribution is -2.25. The molecular formula is C17H11F2N7O3. The number of carbonyl (C=O) groups is 1. The average molecular weight is 399 g/mol. The van der Waals surface area contributed by atoms with Crippen LogP contribution < -0.4 is 14.8 Å². The first-order valence-electron chi connectivity index (χ1n) is 8.34. The summed E-state index contributed by atoms with van der Waals surface area (Å²) in [6.45, 7) is 1.74. The van der Waals surface area contributed by atoms with Gasteiger partial charge in [0.15, 0.2) is 17.3 Å². The molecule has 12 heteroatoms. The number of fused-ring (bicyclic) bond motifs is 2. The number of nitrogens with zero attached hydrogens (tertiary/aromatic N) is 5. The van der Waals surface area contributed by atoms with Crippen molar-refractivity contribution in [2.45, 2.75) is 13.2 Å². The van der Waals surface area contributed by atoms with Gasteiger partial charge >= 0.3 is 6.29 Å². The first-order valence-corrected chi connectivity index (χ1v) is 8.34. The standard InChI is InChI=1S/C17H11F2N7O3/c1-8-23-24-25-26(8)10-4-2-3-9(5-10)15(27)22-16-20-11-6-13-14(7-12(11)21-16)29-17(18,19)28-13/h2-7H,1H3,(H2,20,21,22,27). The van der Waals surface area contributed by atoms with Crippen LogP contribution in [0.1, 0.15) is 16.2 Å². The van der Waals surface area contributed by atoms with Crippen LogP contribution in [0.5, 0.6) is 11.5 Å². The predicted molar refractivity (Wildman–Crippen MR) is 94.1 cm³/mol. The third-order valence-electron chi connectivity index (χ3n) is 4.22. The Kier molecular flexibility index (Phi) is 3.50. The summed E-state index contributed by atoms with van der Waals surface area (Å²) in [6, 6.07) is 9.34. The van der Waals surface area contributed by atoms with Crippen LogP contribution in [0.2, 0.25) is 0 Å². The molecule has 0 saturated carbocycles. The number of ether oxygens (including phenoxy) is 2. The second kappa shape index (κ2) is 5.95. The number of imidazole rings is 1. The zero-order valence-electron chi connectivity index (χ0n) is 14.7. The van der Waals surface area contributed by atoms with E-state index in [4.69, 9.17) is 0 Å². The molecule has 0 spiro atoms. The number of hydrogen-bond donors (Lipinski definition) is 2. The highest BCUT2D eigenvalue weighted by atomic mass is 19.3. The lowest BCUT2D eigenvalue weighted by molar-refractivity contribution is -0.286. The molecule has 0 aliphatic carbocycles. The van der Waals surface area contributed by atoms with Gasteiger partial charge in [-0.25, -0.2) is 4.98 Å². The lowest BCUT2D eigenvalue weighted by atomic mass is 10.2. The number of H-pyrrole nitrogens is 1. The summed E-state index contributed by atoms with van der Waals surface area (Å²) in [6.07, 6.45) is -3.71. The molecule has 1 aliphatic heterocycles. The van der Waals surface area contributed by atoms with Gasteiger partial charge in [0.05, 0.1) is 16.7 Å². The van der Waals surface area contributed by atoms with Crippen molar-refractivity contribution in [2.24, 2.45) is 0 Å². The normalized spacial score (nSPS) is 14.3. The zero-order chi connectivity index (χ0) is 20.2. The van der Waals surface area contributed by atoms with Gasteiger partial charge in [-0.3, -0.25) is 10.1 Å². The first-order chi connectivity index (χ1) is 13.9. The molecule has 0 atom stereocenters. The highest BCUT2D eigenvalue weighted by Crippen LogP contribution is 2.42. The number of amides is 1. The number of anilines is 1. The van der Waals surface area contributed by atoms with Gasteiger partial charge < -0.3 is 14.5 Å². The second-order valence-corrected chi connectivity index (χ2v) is 6.21. The van der Waals surface area contributed by atoms with E-state index in [2.05, 4.69) is 40.3 Å². The van der Waals surface area contributed by atoms with E-state index in [1.54, 1.807) is 31.2 Å². The number of aromatic nitrogens is 6. The van der Waals surface area contributed by atoms with Gasteiger partial charge in [0.25, 0.3) is 5.91 Å². The number of tetrazole rings is 1. The molecule has 0 bridgehead atoms. The van der Waals surface area contributed by atoms with Crippen LogP contribution in [0.25, 0.3) is 16.7 Å². The lowest BCUT2D eigenvalue weighted by Gasteiger charge is -2.05. The van der Waals surface area contributed by atoms with Gasteiger partial charge in [-0.2, -0.15) is 4.68 Å². The van der Waals surface area contributed by atoms with Crippen molar-refractivity contribution in [1.29, 1.82) is 0 Å². The van der Waals surface area contributed by atoms with E-state index in [-0.39, 0.29) is 17.4 Å². The summed E-state index contributed by atoms with van der Waals surface area (Å²) in [5.41, 5.74) is 1.71. The quantitative estimate of drug-likeness (QED) is 0.543. The molecule has 1 amide bonds.